The summed E-state index contributed by atoms with van der Waals surface area (Å²) in [5.74, 6) is -0.327. The first-order chi connectivity index (χ1) is 12.0. The van der Waals surface area contributed by atoms with Gasteiger partial charge in [-0.2, -0.15) is 0 Å². The predicted octanol–water partition coefficient (Wildman–Crippen LogP) is 3.28. The van der Waals surface area contributed by atoms with Gasteiger partial charge in [-0.1, -0.05) is 30.8 Å². The molecule has 0 unspecified atom stereocenters. The smallest absolute Gasteiger partial charge is 0.311 e. The molecule has 0 saturated carbocycles. The molecule has 7 nitrogen and oxygen atoms in total. The quantitative estimate of drug-likeness (QED) is 0.670. The number of pyridine rings is 1. The lowest BCUT2D eigenvalue weighted by molar-refractivity contribution is -0.386. The van der Waals surface area contributed by atoms with Gasteiger partial charge in [0.1, 0.15) is 6.04 Å². The number of aliphatic imine (C=N–C) groups is 1. The fraction of sp³-hybridized carbons (Fsp3) is 0.294. The lowest BCUT2D eigenvalue weighted by Crippen LogP contribution is -2.28. The van der Waals surface area contributed by atoms with Crippen molar-refractivity contribution in [2.24, 2.45) is 4.99 Å². The number of benzene rings is 1. The number of nitrogens with zero attached hydrogens (tertiary/aromatic N) is 4. The van der Waals surface area contributed by atoms with Crippen LogP contribution in [0, 0.1) is 10.1 Å². The van der Waals surface area contributed by atoms with Crippen molar-refractivity contribution in [3.63, 3.8) is 0 Å². The summed E-state index contributed by atoms with van der Waals surface area (Å²) in [6.45, 7) is 2.96. The van der Waals surface area contributed by atoms with Crippen molar-refractivity contribution in [2.75, 3.05) is 6.54 Å². The molecule has 0 bridgehead atoms. The summed E-state index contributed by atoms with van der Waals surface area (Å²) in [6, 6.07) is 9.86. The van der Waals surface area contributed by atoms with Crippen LogP contribution in [0.4, 0.5) is 5.69 Å². The van der Waals surface area contributed by atoms with Crippen molar-refractivity contribution >= 4 is 22.6 Å². The minimum absolute atomic E-state index is 0.165. The summed E-state index contributed by atoms with van der Waals surface area (Å²) >= 11 is 1.71. The maximum atomic E-state index is 11.2. The van der Waals surface area contributed by atoms with Gasteiger partial charge in [0, 0.05) is 24.1 Å². The van der Waals surface area contributed by atoms with E-state index >= 15 is 0 Å². The van der Waals surface area contributed by atoms with Gasteiger partial charge in [0.05, 0.1) is 16.7 Å². The van der Waals surface area contributed by atoms with Gasteiger partial charge in [0.2, 0.25) is 0 Å². The Hall–Kier alpha value is -2.61. The second-order valence-electron chi connectivity index (χ2n) is 6.14. The zero-order chi connectivity index (χ0) is 17.6. The average Bonchev–Trinajstić information content (AvgIpc) is 3.12. The Morgan fingerprint density at radius 3 is 2.92 bits per heavy atom. The maximum Gasteiger partial charge on any atom is 0.311 e. The molecule has 3 atom stereocenters. The highest BCUT2D eigenvalue weighted by molar-refractivity contribution is 8.14. The van der Waals surface area contributed by atoms with E-state index in [0.717, 1.165) is 23.0 Å². The highest BCUT2D eigenvalue weighted by atomic mass is 32.2. The molecule has 2 aromatic rings. The van der Waals surface area contributed by atoms with Crippen LogP contribution in [0.5, 0.6) is 5.75 Å². The average molecular weight is 356 g/mol. The van der Waals surface area contributed by atoms with Gasteiger partial charge < -0.3 is 10.0 Å². The van der Waals surface area contributed by atoms with Crippen LogP contribution in [0.2, 0.25) is 0 Å². The number of phenols is 1. The third kappa shape index (κ3) is 2.72. The van der Waals surface area contributed by atoms with E-state index in [1.165, 1.54) is 12.1 Å². The van der Waals surface area contributed by atoms with Crippen molar-refractivity contribution in [1.29, 1.82) is 0 Å². The van der Waals surface area contributed by atoms with Crippen molar-refractivity contribution in [1.82, 2.24) is 9.88 Å². The minimum atomic E-state index is -0.563. The molecular weight excluding hydrogens is 340 g/mol. The number of amidine groups is 1. The zero-order valence-electron chi connectivity index (χ0n) is 13.4. The predicted molar refractivity (Wildman–Crippen MR) is 95.7 cm³/mol. The summed E-state index contributed by atoms with van der Waals surface area (Å²) in [5, 5.41) is 22.3. The number of nitro groups is 1. The van der Waals surface area contributed by atoms with Gasteiger partial charge in [0.15, 0.2) is 10.9 Å². The lowest BCUT2D eigenvalue weighted by atomic mass is 9.96. The summed E-state index contributed by atoms with van der Waals surface area (Å²) in [4.78, 5) is 22.1. The van der Waals surface area contributed by atoms with Gasteiger partial charge in [0.25, 0.3) is 0 Å². The fourth-order valence-electron chi connectivity index (χ4n) is 3.35. The van der Waals surface area contributed by atoms with Gasteiger partial charge in [-0.15, -0.1) is 0 Å². The van der Waals surface area contributed by atoms with Crippen molar-refractivity contribution in [2.45, 2.75) is 24.3 Å². The highest BCUT2D eigenvalue weighted by Gasteiger charge is 2.44. The second-order valence-corrected chi connectivity index (χ2v) is 7.55. The van der Waals surface area contributed by atoms with Crippen LogP contribution in [0.15, 0.2) is 47.6 Å². The van der Waals surface area contributed by atoms with Crippen LogP contribution in [-0.2, 0) is 0 Å². The Bertz CT molecular complexity index is 858. The number of fused-ring (bicyclic) bond motifs is 1. The topological polar surface area (TPSA) is 91.9 Å². The normalized spacial score (nSPS) is 24.9. The molecule has 0 amide bonds. The molecule has 1 fully saturated rings. The van der Waals surface area contributed by atoms with Gasteiger partial charge in [-0.3, -0.25) is 20.1 Å². The van der Waals surface area contributed by atoms with E-state index < -0.39 is 4.92 Å². The van der Waals surface area contributed by atoms with Gasteiger partial charge in [-0.25, -0.2) is 0 Å². The van der Waals surface area contributed by atoms with Crippen molar-refractivity contribution in [3.8, 4) is 5.75 Å². The van der Waals surface area contributed by atoms with E-state index in [1.807, 2.05) is 18.2 Å². The zero-order valence-corrected chi connectivity index (χ0v) is 14.3. The molecule has 0 aliphatic carbocycles. The Morgan fingerprint density at radius 1 is 1.36 bits per heavy atom. The molecule has 4 rings (SSSR count). The van der Waals surface area contributed by atoms with Crippen molar-refractivity contribution < 1.29 is 10.0 Å². The lowest BCUT2D eigenvalue weighted by Gasteiger charge is -2.27. The number of aromatic nitrogens is 1. The summed E-state index contributed by atoms with van der Waals surface area (Å²) < 4.78 is 0. The Morgan fingerprint density at radius 2 is 2.20 bits per heavy atom. The molecule has 1 aromatic heterocycles. The molecule has 3 heterocycles. The molecule has 0 spiro atoms. The molecule has 128 valence electrons. The molecule has 8 heteroatoms. The number of aromatic hydroxyl groups is 1. The highest BCUT2D eigenvalue weighted by Crippen LogP contribution is 2.48. The van der Waals surface area contributed by atoms with Crippen LogP contribution in [0.3, 0.4) is 0 Å². The van der Waals surface area contributed by atoms with E-state index in [9.17, 15) is 15.2 Å². The van der Waals surface area contributed by atoms with E-state index in [1.54, 1.807) is 24.0 Å². The van der Waals surface area contributed by atoms with Crippen molar-refractivity contribution in [3.05, 3.63) is 64.0 Å². The fourth-order valence-corrected chi connectivity index (χ4v) is 4.44. The third-order valence-corrected chi connectivity index (χ3v) is 5.52. The molecule has 1 saturated heterocycles. The third-order valence-electron chi connectivity index (χ3n) is 4.42. The summed E-state index contributed by atoms with van der Waals surface area (Å²) in [5.41, 5.74) is 1.30. The van der Waals surface area contributed by atoms with E-state index in [0.29, 0.717) is 5.25 Å². The minimum Gasteiger partial charge on any atom is -0.502 e. The molecule has 0 radical (unpaired) electrons. The first-order valence-electron chi connectivity index (χ1n) is 7.94. The van der Waals surface area contributed by atoms with Crippen LogP contribution >= 0.6 is 11.8 Å². The van der Waals surface area contributed by atoms with Crippen LogP contribution in [0.1, 0.15) is 30.3 Å². The first-order valence-corrected chi connectivity index (χ1v) is 8.82. The molecule has 25 heavy (non-hydrogen) atoms. The first kappa shape index (κ1) is 15.9. The number of rotatable bonds is 3. The molecule has 2 aliphatic rings. The number of phenolic OH excluding ortho intramolecular Hbond substituents is 1. The SMILES string of the molecule is C[C@@H]1CN2C(=N[C@H](c3ccccn3)[C@H]2c2ccc(O)c([N+](=O)[O-])c2)S1. The summed E-state index contributed by atoms with van der Waals surface area (Å²) in [6.07, 6.45) is 1.73. The summed E-state index contributed by atoms with van der Waals surface area (Å²) in [7, 11) is 0. The second kappa shape index (κ2) is 6.03. The standard InChI is InChI=1S/C17H16N4O3S/c1-10-9-20-16(11-5-6-14(22)13(8-11)21(23)24)15(19-17(20)25-10)12-4-2-3-7-18-12/h2-8,10,15-16,22H,9H2,1H3/t10-,15-,16-/m1/s1. The number of nitro benzene ring substituents is 1. The molecule has 1 N–H and O–H groups in total. The van der Waals surface area contributed by atoms with Crippen LogP contribution in [0.25, 0.3) is 0 Å². The van der Waals surface area contributed by atoms with Gasteiger partial charge in [-0.05, 0) is 23.8 Å². The molecule has 1 aromatic carbocycles. The maximum absolute atomic E-state index is 11.2. The number of hydrogen-bond acceptors (Lipinski definition) is 7. The Balaban J connectivity index is 1.80. The molecular formula is C17H16N4O3S. The van der Waals surface area contributed by atoms with E-state index in [4.69, 9.17) is 4.99 Å². The van der Waals surface area contributed by atoms with Gasteiger partial charge >= 0.3 is 5.69 Å². The Kier molecular flexibility index (Phi) is 3.84. The van der Waals surface area contributed by atoms with Crippen LogP contribution < -0.4 is 0 Å². The van der Waals surface area contributed by atoms with E-state index in [-0.39, 0.29) is 23.5 Å². The van der Waals surface area contributed by atoms with E-state index in [2.05, 4.69) is 16.8 Å². The number of hydrogen-bond donors (Lipinski definition) is 1. The molecule has 2 aliphatic heterocycles. The Labute approximate surface area is 148 Å². The van der Waals surface area contributed by atoms with Crippen LogP contribution in [-0.4, -0.2) is 36.9 Å². The monoisotopic (exact) mass is 356 g/mol. The largest absolute Gasteiger partial charge is 0.502 e. The number of thioether (sulfide) groups is 1.